The highest BCUT2D eigenvalue weighted by Crippen LogP contribution is 2.30. The molecule has 1 aromatic carbocycles. The first kappa shape index (κ1) is 12.9. The van der Waals surface area contributed by atoms with E-state index < -0.39 is 0 Å². The third kappa shape index (κ3) is 2.74. The lowest BCUT2D eigenvalue weighted by Crippen LogP contribution is -2.52. The molecule has 2 fully saturated rings. The van der Waals surface area contributed by atoms with Crippen LogP contribution in [0, 0.1) is 5.82 Å². The number of benzene rings is 1. The quantitative estimate of drug-likeness (QED) is 0.834. The standard InChI is InChI=1S/C15H21FN2O/c16-12-5-6-13(17)11(9-12)10-18-7-8-19-15-4-2-1-3-14(15)18/h5-6,9,14-15H,1-4,7-8,10,17H2. The molecule has 1 saturated carbocycles. The number of morpholine rings is 1. The largest absolute Gasteiger partial charge is 0.398 e. The molecule has 2 unspecified atom stereocenters. The van der Waals surface area contributed by atoms with Gasteiger partial charge in [-0.2, -0.15) is 0 Å². The number of hydrogen-bond donors (Lipinski definition) is 1. The summed E-state index contributed by atoms with van der Waals surface area (Å²) >= 11 is 0. The molecule has 0 radical (unpaired) electrons. The number of hydrogen-bond acceptors (Lipinski definition) is 3. The predicted octanol–water partition coefficient (Wildman–Crippen LogP) is 2.55. The van der Waals surface area contributed by atoms with Crippen LogP contribution in [-0.4, -0.2) is 30.2 Å². The van der Waals surface area contributed by atoms with E-state index in [2.05, 4.69) is 4.90 Å². The molecular weight excluding hydrogens is 243 g/mol. The zero-order valence-electron chi connectivity index (χ0n) is 11.1. The van der Waals surface area contributed by atoms with E-state index in [1.165, 1.54) is 25.3 Å². The molecule has 1 aromatic rings. The van der Waals surface area contributed by atoms with E-state index in [-0.39, 0.29) is 5.82 Å². The average molecular weight is 264 g/mol. The van der Waals surface area contributed by atoms with Gasteiger partial charge >= 0.3 is 0 Å². The molecule has 2 aliphatic rings. The van der Waals surface area contributed by atoms with E-state index in [1.807, 2.05) is 0 Å². The van der Waals surface area contributed by atoms with Crippen molar-refractivity contribution in [2.75, 3.05) is 18.9 Å². The first-order valence-corrected chi connectivity index (χ1v) is 7.13. The van der Waals surface area contributed by atoms with Gasteiger partial charge in [-0.05, 0) is 36.6 Å². The molecule has 19 heavy (non-hydrogen) atoms. The Hall–Kier alpha value is -1.13. The maximum absolute atomic E-state index is 13.3. The number of rotatable bonds is 2. The van der Waals surface area contributed by atoms with E-state index >= 15 is 0 Å². The Labute approximate surface area is 113 Å². The second kappa shape index (κ2) is 5.47. The first-order chi connectivity index (χ1) is 9.24. The first-order valence-electron chi connectivity index (χ1n) is 7.13. The van der Waals surface area contributed by atoms with Gasteiger partial charge in [-0.1, -0.05) is 12.8 Å². The molecule has 3 nitrogen and oxygen atoms in total. The van der Waals surface area contributed by atoms with Crippen LogP contribution in [0.3, 0.4) is 0 Å². The van der Waals surface area contributed by atoms with E-state index in [9.17, 15) is 4.39 Å². The molecule has 0 aromatic heterocycles. The van der Waals surface area contributed by atoms with Crippen LogP contribution in [0.1, 0.15) is 31.2 Å². The summed E-state index contributed by atoms with van der Waals surface area (Å²) < 4.78 is 19.2. The fourth-order valence-electron chi connectivity index (χ4n) is 3.30. The highest BCUT2D eigenvalue weighted by Gasteiger charge is 2.34. The number of nitrogen functional groups attached to an aromatic ring is 1. The molecule has 4 heteroatoms. The summed E-state index contributed by atoms with van der Waals surface area (Å²) in [6.07, 6.45) is 5.22. The van der Waals surface area contributed by atoms with Crippen molar-refractivity contribution >= 4 is 5.69 Å². The summed E-state index contributed by atoms with van der Waals surface area (Å²) in [6.45, 7) is 2.42. The normalized spacial score (nSPS) is 28.1. The summed E-state index contributed by atoms with van der Waals surface area (Å²) in [5.41, 5.74) is 7.53. The zero-order chi connectivity index (χ0) is 13.2. The van der Waals surface area contributed by atoms with Gasteiger partial charge in [-0.15, -0.1) is 0 Å². The molecule has 2 atom stereocenters. The van der Waals surface area contributed by atoms with Gasteiger partial charge in [0.05, 0.1) is 12.7 Å². The summed E-state index contributed by atoms with van der Waals surface area (Å²) in [4.78, 5) is 2.42. The van der Waals surface area contributed by atoms with Crippen molar-refractivity contribution in [3.8, 4) is 0 Å². The summed E-state index contributed by atoms with van der Waals surface area (Å²) in [6, 6.07) is 5.11. The Morgan fingerprint density at radius 3 is 3.05 bits per heavy atom. The van der Waals surface area contributed by atoms with Gasteiger partial charge < -0.3 is 10.5 Å². The lowest BCUT2D eigenvalue weighted by molar-refractivity contribution is -0.0910. The molecule has 1 heterocycles. The van der Waals surface area contributed by atoms with Gasteiger partial charge in [0.25, 0.3) is 0 Å². The van der Waals surface area contributed by atoms with Crippen molar-refractivity contribution in [3.63, 3.8) is 0 Å². The van der Waals surface area contributed by atoms with Crippen LogP contribution in [0.5, 0.6) is 0 Å². The smallest absolute Gasteiger partial charge is 0.123 e. The van der Waals surface area contributed by atoms with Crippen molar-refractivity contribution in [1.29, 1.82) is 0 Å². The topological polar surface area (TPSA) is 38.5 Å². The lowest BCUT2D eigenvalue weighted by Gasteiger charge is -2.44. The van der Waals surface area contributed by atoms with Crippen LogP contribution in [0.4, 0.5) is 10.1 Å². The minimum absolute atomic E-state index is 0.211. The van der Waals surface area contributed by atoms with Gasteiger partial charge in [0.2, 0.25) is 0 Å². The van der Waals surface area contributed by atoms with Gasteiger partial charge in [0.1, 0.15) is 5.82 Å². The predicted molar refractivity (Wildman–Crippen MR) is 73.2 cm³/mol. The Morgan fingerprint density at radius 2 is 2.16 bits per heavy atom. The van der Waals surface area contributed by atoms with Crippen LogP contribution < -0.4 is 5.73 Å². The fourth-order valence-corrected chi connectivity index (χ4v) is 3.30. The van der Waals surface area contributed by atoms with Crippen LogP contribution in [0.2, 0.25) is 0 Å². The minimum atomic E-state index is -0.211. The number of nitrogens with zero attached hydrogens (tertiary/aromatic N) is 1. The molecule has 0 amide bonds. The van der Waals surface area contributed by atoms with Crippen LogP contribution in [0.25, 0.3) is 0 Å². The number of halogens is 1. The molecule has 3 rings (SSSR count). The fraction of sp³-hybridized carbons (Fsp3) is 0.600. The third-order valence-electron chi connectivity index (χ3n) is 4.33. The van der Waals surface area contributed by atoms with Crippen LogP contribution in [0.15, 0.2) is 18.2 Å². The van der Waals surface area contributed by atoms with Crippen LogP contribution in [-0.2, 0) is 11.3 Å². The number of ether oxygens (including phenoxy) is 1. The Kier molecular flexibility index (Phi) is 3.71. The van der Waals surface area contributed by atoms with E-state index in [4.69, 9.17) is 10.5 Å². The Balaban J connectivity index is 1.75. The van der Waals surface area contributed by atoms with E-state index in [0.717, 1.165) is 31.7 Å². The van der Waals surface area contributed by atoms with Gasteiger partial charge in [-0.3, -0.25) is 4.90 Å². The number of fused-ring (bicyclic) bond motifs is 1. The number of nitrogens with two attached hydrogens (primary N) is 1. The highest BCUT2D eigenvalue weighted by atomic mass is 19.1. The van der Waals surface area contributed by atoms with Crippen molar-refractivity contribution in [1.82, 2.24) is 4.90 Å². The second-order valence-electron chi connectivity index (χ2n) is 5.57. The maximum Gasteiger partial charge on any atom is 0.123 e. The molecule has 0 spiro atoms. The molecule has 1 aliphatic heterocycles. The lowest BCUT2D eigenvalue weighted by atomic mass is 9.90. The minimum Gasteiger partial charge on any atom is -0.398 e. The van der Waals surface area contributed by atoms with Crippen molar-refractivity contribution in [3.05, 3.63) is 29.6 Å². The molecular formula is C15H21FN2O. The van der Waals surface area contributed by atoms with E-state index in [1.54, 1.807) is 12.1 Å². The summed E-state index contributed by atoms with van der Waals surface area (Å²) in [5.74, 6) is -0.211. The molecule has 104 valence electrons. The maximum atomic E-state index is 13.3. The summed E-state index contributed by atoms with van der Waals surface area (Å²) in [5, 5.41) is 0. The van der Waals surface area contributed by atoms with Crippen LogP contribution >= 0.6 is 0 Å². The molecule has 1 aliphatic carbocycles. The average Bonchev–Trinajstić information content (AvgIpc) is 2.43. The van der Waals surface area contributed by atoms with Crippen molar-refractivity contribution in [2.24, 2.45) is 0 Å². The zero-order valence-corrected chi connectivity index (χ0v) is 11.1. The Morgan fingerprint density at radius 1 is 1.32 bits per heavy atom. The molecule has 1 saturated heterocycles. The van der Waals surface area contributed by atoms with Crippen molar-refractivity contribution < 1.29 is 9.13 Å². The van der Waals surface area contributed by atoms with Gasteiger partial charge in [0, 0.05) is 24.8 Å². The summed E-state index contributed by atoms with van der Waals surface area (Å²) in [7, 11) is 0. The molecule has 2 N–H and O–H groups in total. The van der Waals surface area contributed by atoms with E-state index in [0.29, 0.717) is 17.8 Å². The van der Waals surface area contributed by atoms with Gasteiger partial charge in [-0.25, -0.2) is 4.39 Å². The number of anilines is 1. The Bertz CT molecular complexity index is 450. The van der Waals surface area contributed by atoms with Gasteiger partial charge in [0.15, 0.2) is 0 Å². The monoisotopic (exact) mass is 264 g/mol. The van der Waals surface area contributed by atoms with Crippen molar-refractivity contribution in [2.45, 2.75) is 44.4 Å². The second-order valence-corrected chi connectivity index (χ2v) is 5.57. The highest BCUT2D eigenvalue weighted by molar-refractivity contribution is 5.46. The molecule has 0 bridgehead atoms. The third-order valence-corrected chi connectivity index (χ3v) is 4.33. The SMILES string of the molecule is Nc1ccc(F)cc1CN1CCOC2CCCCC21.